The molecule has 21 heavy (non-hydrogen) atoms. The van der Waals surface area contributed by atoms with Gasteiger partial charge in [0, 0.05) is 40.5 Å². The van der Waals surface area contributed by atoms with Crippen LogP contribution in [-0.2, 0) is 11.3 Å². The molecular weight excluding hydrogens is 266 g/mol. The van der Waals surface area contributed by atoms with E-state index in [0.29, 0.717) is 30.2 Å². The Labute approximate surface area is 122 Å². The summed E-state index contributed by atoms with van der Waals surface area (Å²) >= 11 is 0. The Hall–Kier alpha value is -2.24. The molecule has 3 rings (SSSR count). The Morgan fingerprint density at radius 2 is 2.24 bits per heavy atom. The Balaban J connectivity index is 2.15. The maximum Gasteiger partial charge on any atom is 0.104 e. The second-order valence-electron chi connectivity index (χ2n) is 5.21. The van der Waals surface area contributed by atoms with Crippen molar-refractivity contribution < 1.29 is 9.84 Å². The molecule has 0 saturated carbocycles. The molecule has 108 valence electrons. The lowest BCUT2D eigenvalue weighted by Gasteiger charge is -2.23. The number of hydrogen-bond acceptors (Lipinski definition) is 5. The third-order valence-electron chi connectivity index (χ3n) is 3.74. The molecule has 0 saturated heterocycles. The lowest BCUT2D eigenvalue weighted by Crippen LogP contribution is -2.17. The second kappa shape index (κ2) is 5.27. The van der Waals surface area contributed by atoms with Crippen molar-refractivity contribution in [3.8, 4) is 11.1 Å². The van der Waals surface area contributed by atoms with Gasteiger partial charge in [-0.25, -0.2) is 0 Å². The van der Waals surface area contributed by atoms with Crippen LogP contribution >= 0.6 is 0 Å². The summed E-state index contributed by atoms with van der Waals surface area (Å²) in [7, 11) is 0. The summed E-state index contributed by atoms with van der Waals surface area (Å²) in [6.07, 6.45) is 2.81. The van der Waals surface area contributed by atoms with E-state index in [1.54, 1.807) is 25.4 Å². The molecule has 2 heterocycles. The van der Waals surface area contributed by atoms with E-state index in [-0.39, 0.29) is 0 Å². The van der Waals surface area contributed by atoms with Crippen LogP contribution < -0.4 is 5.73 Å². The zero-order chi connectivity index (χ0) is 15.0. The summed E-state index contributed by atoms with van der Waals surface area (Å²) in [5.74, 6) is 0. The molecule has 1 atom stereocenters. The number of fused-ring (bicyclic) bond motifs is 1. The molecular formula is C16H17N3O2. The van der Waals surface area contributed by atoms with Crippen LogP contribution in [0.15, 0.2) is 30.6 Å². The number of benzene rings is 1. The van der Waals surface area contributed by atoms with Crippen molar-refractivity contribution in [1.82, 2.24) is 4.98 Å². The number of hydrogen-bond donors (Lipinski definition) is 3. The van der Waals surface area contributed by atoms with E-state index in [1.165, 1.54) is 0 Å². The van der Waals surface area contributed by atoms with Gasteiger partial charge in [-0.15, -0.1) is 0 Å². The first kappa shape index (κ1) is 13.7. The molecule has 1 unspecified atom stereocenters. The molecule has 0 radical (unpaired) electrons. The topological polar surface area (TPSA) is 92.2 Å². The van der Waals surface area contributed by atoms with Crippen LogP contribution in [0.1, 0.15) is 29.7 Å². The standard InChI is InChI=1S/C16H17N3O2/c1-9(17)11-4-10(2-3-15(11)18)12-5-19-6-13-14(12)7-21-8-16(13)20/h2-6,16-17,20H,7-8,18H2,1H3. The molecule has 0 spiro atoms. The predicted octanol–water partition coefficient (Wildman–Crippen LogP) is 2.28. The van der Waals surface area contributed by atoms with Gasteiger partial charge in [-0.3, -0.25) is 4.98 Å². The predicted molar refractivity (Wildman–Crippen MR) is 81.2 cm³/mol. The molecule has 0 fully saturated rings. The monoisotopic (exact) mass is 283 g/mol. The van der Waals surface area contributed by atoms with Gasteiger partial charge in [0.2, 0.25) is 0 Å². The van der Waals surface area contributed by atoms with Gasteiger partial charge in [0.15, 0.2) is 0 Å². The number of nitrogens with one attached hydrogen (secondary N) is 1. The lowest BCUT2D eigenvalue weighted by atomic mass is 9.93. The molecule has 0 aliphatic carbocycles. The maximum atomic E-state index is 10.0. The molecule has 2 aromatic rings. The molecule has 5 heteroatoms. The van der Waals surface area contributed by atoms with Gasteiger partial charge in [0.05, 0.1) is 13.2 Å². The summed E-state index contributed by atoms with van der Waals surface area (Å²) < 4.78 is 5.43. The lowest BCUT2D eigenvalue weighted by molar-refractivity contribution is 0.00981. The van der Waals surface area contributed by atoms with Gasteiger partial charge in [-0.1, -0.05) is 6.07 Å². The molecule has 5 nitrogen and oxygen atoms in total. The van der Waals surface area contributed by atoms with Crippen LogP contribution in [0.25, 0.3) is 11.1 Å². The van der Waals surface area contributed by atoms with Gasteiger partial charge in [0.25, 0.3) is 0 Å². The molecule has 0 bridgehead atoms. The number of nitrogens with zero attached hydrogens (tertiary/aromatic N) is 1. The van der Waals surface area contributed by atoms with Crippen molar-refractivity contribution in [3.63, 3.8) is 0 Å². The SMILES string of the molecule is CC(=N)c1cc(-c2cncc3c2COCC3O)ccc1N. The van der Waals surface area contributed by atoms with Gasteiger partial charge in [-0.05, 0) is 30.2 Å². The third-order valence-corrected chi connectivity index (χ3v) is 3.74. The number of nitrogen functional groups attached to an aromatic ring is 1. The number of aliphatic hydroxyl groups is 1. The number of anilines is 1. The quantitative estimate of drug-likeness (QED) is 0.582. The summed E-state index contributed by atoms with van der Waals surface area (Å²) in [5, 5.41) is 17.8. The van der Waals surface area contributed by atoms with Crippen molar-refractivity contribution in [2.75, 3.05) is 12.3 Å². The minimum Gasteiger partial charge on any atom is -0.398 e. The smallest absolute Gasteiger partial charge is 0.104 e. The van der Waals surface area contributed by atoms with Gasteiger partial charge in [0.1, 0.15) is 6.10 Å². The van der Waals surface area contributed by atoms with Crippen LogP contribution in [-0.4, -0.2) is 22.4 Å². The van der Waals surface area contributed by atoms with E-state index in [9.17, 15) is 5.11 Å². The van der Waals surface area contributed by atoms with Crippen molar-refractivity contribution in [2.45, 2.75) is 19.6 Å². The van der Waals surface area contributed by atoms with Crippen molar-refractivity contribution in [3.05, 3.63) is 47.3 Å². The van der Waals surface area contributed by atoms with Gasteiger partial charge < -0.3 is 21.0 Å². The highest BCUT2D eigenvalue weighted by Crippen LogP contribution is 2.33. The first-order valence-corrected chi connectivity index (χ1v) is 6.76. The van der Waals surface area contributed by atoms with Crippen LogP contribution in [0.2, 0.25) is 0 Å². The summed E-state index contributed by atoms with van der Waals surface area (Å²) in [6.45, 7) is 2.46. The highest BCUT2D eigenvalue weighted by Gasteiger charge is 2.22. The highest BCUT2D eigenvalue weighted by molar-refractivity contribution is 6.02. The Kier molecular flexibility index (Phi) is 3.45. The zero-order valence-corrected chi connectivity index (χ0v) is 11.8. The zero-order valence-electron chi connectivity index (χ0n) is 11.8. The number of rotatable bonds is 2. The number of pyridine rings is 1. The van der Waals surface area contributed by atoms with Crippen LogP contribution in [0.3, 0.4) is 0 Å². The summed E-state index contributed by atoms with van der Waals surface area (Å²) in [6, 6.07) is 5.58. The number of aromatic nitrogens is 1. The van der Waals surface area contributed by atoms with E-state index >= 15 is 0 Å². The second-order valence-corrected chi connectivity index (χ2v) is 5.21. The summed E-state index contributed by atoms with van der Waals surface area (Å²) in [5.41, 5.74) is 11.2. The molecule has 1 aromatic heterocycles. The first-order chi connectivity index (χ1) is 10.1. The van der Waals surface area contributed by atoms with Crippen LogP contribution in [0.4, 0.5) is 5.69 Å². The van der Waals surface area contributed by atoms with Crippen molar-refractivity contribution >= 4 is 11.4 Å². The van der Waals surface area contributed by atoms with E-state index in [2.05, 4.69) is 4.98 Å². The Morgan fingerprint density at radius 1 is 1.43 bits per heavy atom. The first-order valence-electron chi connectivity index (χ1n) is 6.76. The molecule has 1 aliphatic rings. The normalized spacial score (nSPS) is 17.3. The van der Waals surface area contributed by atoms with Crippen LogP contribution in [0, 0.1) is 5.41 Å². The molecule has 4 N–H and O–H groups in total. The van der Waals surface area contributed by atoms with Crippen molar-refractivity contribution in [2.24, 2.45) is 0 Å². The molecule has 0 amide bonds. The fourth-order valence-electron chi connectivity index (χ4n) is 2.61. The van der Waals surface area contributed by atoms with Crippen LogP contribution in [0.5, 0.6) is 0 Å². The maximum absolute atomic E-state index is 10.0. The largest absolute Gasteiger partial charge is 0.398 e. The third kappa shape index (κ3) is 2.41. The number of nitrogens with two attached hydrogens (primary N) is 1. The minimum atomic E-state index is -0.640. The Morgan fingerprint density at radius 3 is 3.00 bits per heavy atom. The van der Waals surface area contributed by atoms with E-state index < -0.39 is 6.10 Å². The number of aliphatic hydroxyl groups excluding tert-OH is 1. The van der Waals surface area contributed by atoms with Gasteiger partial charge in [-0.2, -0.15) is 0 Å². The van der Waals surface area contributed by atoms with E-state index in [0.717, 1.165) is 22.3 Å². The minimum absolute atomic E-state index is 0.296. The number of ether oxygens (including phenoxy) is 1. The molecule has 1 aliphatic heterocycles. The fourth-order valence-corrected chi connectivity index (χ4v) is 2.61. The van der Waals surface area contributed by atoms with Gasteiger partial charge >= 0.3 is 0 Å². The highest BCUT2D eigenvalue weighted by atomic mass is 16.5. The Bertz CT molecular complexity index is 713. The van der Waals surface area contributed by atoms with E-state index in [1.807, 2.05) is 12.1 Å². The van der Waals surface area contributed by atoms with Crippen molar-refractivity contribution in [1.29, 1.82) is 5.41 Å². The summed E-state index contributed by atoms with van der Waals surface area (Å²) in [4.78, 5) is 4.22. The fraction of sp³-hybridized carbons (Fsp3) is 0.250. The molecule has 1 aromatic carbocycles. The average molecular weight is 283 g/mol. The van der Waals surface area contributed by atoms with E-state index in [4.69, 9.17) is 15.9 Å². The average Bonchev–Trinajstić information content (AvgIpc) is 2.47.